The van der Waals surface area contributed by atoms with Crippen molar-refractivity contribution >= 4 is 23.4 Å². The monoisotopic (exact) mass is 261 g/mol. The lowest BCUT2D eigenvalue weighted by Gasteiger charge is -2.17. The molecule has 0 fully saturated rings. The van der Waals surface area contributed by atoms with E-state index in [1.807, 2.05) is 6.26 Å². The Morgan fingerprint density at radius 1 is 1.50 bits per heavy atom. The minimum Gasteiger partial charge on any atom is -0.313 e. The van der Waals surface area contributed by atoms with E-state index < -0.39 is 0 Å². The Kier molecular flexibility index (Phi) is 6.17. The second-order valence-electron chi connectivity index (χ2n) is 3.61. The normalized spacial score (nSPS) is 12.8. The van der Waals surface area contributed by atoms with Gasteiger partial charge in [-0.25, -0.2) is 4.39 Å². The van der Waals surface area contributed by atoms with Gasteiger partial charge >= 0.3 is 0 Å². The van der Waals surface area contributed by atoms with Crippen molar-refractivity contribution in [1.29, 1.82) is 0 Å². The van der Waals surface area contributed by atoms with Crippen molar-refractivity contribution in [3.63, 3.8) is 0 Å². The van der Waals surface area contributed by atoms with E-state index in [2.05, 4.69) is 12.2 Å². The van der Waals surface area contributed by atoms with Crippen molar-refractivity contribution in [1.82, 2.24) is 5.32 Å². The maximum atomic E-state index is 13.6. The maximum Gasteiger partial charge on any atom is 0.127 e. The number of thioether (sulfide) groups is 1. The zero-order valence-electron chi connectivity index (χ0n) is 9.59. The summed E-state index contributed by atoms with van der Waals surface area (Å²) in [6.07, 6.45) is 2.69. The summed E-state index contributed by atoms with van der Waals surface area (Å²) >= 11 is 7.75. The average Bonchev–Trinajstić information content (AvgIpc) is 2.24. The molecule has 1 aromatic carbocycles. The molecule has 0 saturated carbocycles. The minimum absolute atomic E-state index is 0.212. The van der Waals surface area contributed by atoms with E-state index in [-0.39, 0.29) is 11.9 Å². The maximum absolute atomic E-state index is 13.6. The highest BCUT2D eigenvalue weighted by atomic mass is 35.5. The Morgan fingerprint density at radius 3 is 2.81 bits per heavy atom. The van der Waals surface area contributed by atoms with Crippen molar-refractivity contribution in [3.05, 3.63) is 34.6 Å². The zero-order chi connectivity index (χ0) is 12.0. The molecule has 1 unspecified atom stereocenters. The molecule has 0 amide bonds. The average molecular weight is 262 g/mol. The standard InChI is InChI=1S/C12H17ClFNS/c1-3-15-9(8-16-2)7-10-11(13)5-4-6-12(10)14/h4-6,9,15H,3,7-8H2,1-2H3. The van der Waals surface area contributed by atoms with Crippen LogP contribution in [0.15, 0.2) is 18.2 Å². The van der Waals surface area contributed by atoms with Crippen LogP contribution in [0.2, 0.25) is 5.02 Å². The highest BCUT2D eigenvalue weighted by Crippen LogP contribution is 2.21. The predicted molar refractivity (Wildman–Crippen MR) is 71.0 cm³/mol. The van der Waals surface area contributed by atoms with E-state index in [9.17, 15) is 4.39 Å². The highest BCUT2D eigenvalue weighted by Gasteiger charge is 2.13. The first-order valence-corrected chi connectivity index (χ1v) is 7.11. The van der Waals surface area contributed by atoms with Crippen LogP contribution in [0.3, 0.4) is 0 Å². The molecule has 0 aliphatic rings. The number of halogens is 2. The van der Waals surface area contributed by atoms with E-state index in [0.717, 1.165) is 12.3 Å². The zero-order valence-corrected chi connectivity index (χ0v) is 11.2. The summed E-state index contributed by atoms with van der Waals surface area (Å²) in [5.41, 5.74) is 0.615. The fraction of sp³-hybridized carbons (Fsp3) is 0.500. The highest BCUT2D eigenvalue weighted by molar-refractivity contribution is 7.98. The first-order chi connectivity index (χ1) is 7.69. The molecule has 0 heterocycles. The molecular weight excluding hydrogens is 245 g/mol. The van der Waals surface area contributed by atoms with Crippen LogP contribution in [0.4, 0.5) is 4.39 Å². The fourth-order valence-electron chi connectivity index (χ4n) is 1.65. The summed E-state index contributed by atoms with van der Waals surface area (Å²) in [4.78, 5) is 0. The van der Waals surface area contributed by atoms with Crippen LogP contribution in [0.25, 0.3) is 0 Å². The van der Waals surface area contributed by atoms with Crippen LogP contribution in [0.1, 0.15) is 12.5 Å². The number of nitrogens with one attached hydrogen (secondary N) is 1. The SMILES string of the molecule is CCNC(CSC)Cc1c(F)cccc1Cl. The van der Waals surface area contributed by atoms with E-state index >= 15 is 0 Å². The second kappa shape index (κ2) is 7.15. The molecule has 0 spiro atoms. The van der Waals surface area contributed by atoms with Crippen molar-refractivity contribution < 1.29 is 4.39 Å². The van der Waals surface area contributed by atoms with E-state index in [4.69, 9.17) is 11.6 Å². The van der Waals surface area contributed by atoms with Gasteiger partial charge < -0.3 is 5.32 Å². The Balaban J connectivity index is 2.76. The van der Waals surface area contributed by atoms with E-state index in [1.165, 1.54) is 6.07 Å². The van der Waals surface area contributed by atoms with Gasteiger partial charge in [-0.3, -0.25) is 0 Å². The Morgan fingerprint density at radius 2 is 2.25 bits per heavy atom. The summed E-state index contributed by atoms with van der Waals surface area (Å²) in [6, 6.07) is 5.11. The third-order valence-electron chi connectivity index (χ3n) is 2.37. The summed E-state index contributed by atoms with van der Waals surface area (Å²) in [5.74, 6) is 0.745. The molecule has 4 heteroatoms. The molecule has 1 nitrogen and oxygen atoms in total. The molecule has 0 saturated heterocycles. The van der Waals surface area contributed by atoms with Crippen LogP contribution in [-0.2, 0) is 6.42 Å². The molecule has 1 rings (SSSR count). The van der Waals surface area contributed by atoms with Gasteiger partial charge in [-0.2, -0.15) is 11.8 Å². The van der Waals surface area contributed by atoms with E-state index in [0.29, 0.717) is 17.0 Å². The number of rotatable bonds is 6. The Bertz CT molecular complexity index is 307. The minimum atomic E-state index is -0.212. The first kappa shape index (κ1) is 13.8. The molecule has 0 radical (unpaired) electrons. The topological polar surface area (TPSA) is 12.0 Å². The first-order valence-electron chi connectivity index (χ1n) is 5.34. The summed E-state index contributed by atoms with van der Waals surface area (Å²) in [6.45, 7) is 2.94. The molecule has 0 aliphatic carbocycles. The molecule has 1 aromatic rings. The van der Waals surface area contributed by atoms with Crippen molar-refractivity contribution in [2.24, 2.45) is 0 Å². The number of likely N-dealkylation sites (N-methyl/N-ethyl adjacent to an activating group) is 1. The lowest BCUT2D eigenvalue weighted by atomic mass is 10.1. The van der Waals surface area contributed by atoms with Gasteiger partial charge in [0.05, 0.1) is 0 Å². The fourth-order valence-corrected chi connectivity index (χ4v) is 2.53. The number of hydrogen-bond donors (Lipinski definition) is 1. The molecule has 1 N–H and O–H groups in total. The lowest BCUT2D eigenvalue weighted by molar-refractivity contribution is 0.545. The van der Waals surface area contributed by atoms with Gasteiger partial charge in [-0.15, -0.1) is 0 Å². The van der Waals surface area contributed by atoms with Crippen molar-refractivity contribution in [2.75, 3.05) is 18.6 Å². The van der Waals surface area contributed by atoms with Crippen LogP contribution in [0.5, 0.6) is 0 Å². The third-order valence-corrected chi connectivity index (χ3v) is 3.46. The molecule has 1 atom stereocenters. The molecular formula is C12H17ClFNS. The predicted octanol–water partition coefficient (Wildman–Crippen LogP) is 3.36. The van der Waals surface area contributed by atoms with E-state index in [1.54, 1.807) is 23.9 Å². The van der Waals surface area contributed by atoms with Gasteiger partial charge in [0, 0.05) is 22.4 Å². The van der Waals surface area contributed by atoms with Gasteiger partial charge in [0.2, 0.25) is 0 Å². The van der Waals surface area contributed by atoms with Gasteiger partial charge in [-0.1, -0.05) is 24.6 Å². The molecule has 16 heavy (non-hydrogen) atoms. The summed E-state index contributed by atoms with van der Waals surface area (Å²) < 4.78 is 13.6. The van der Waals surface area contributed by atoms with Gasteiger partial charge in [0.25, 0.3) is 0 Å². The van der Waals surface area contributed by atoms with Crippen LogP contribution in [-0.4, -0.2) is 24.6 Å². The van der Waals surface area contributed by atoms with Crippen molar-refractivity contribution in [2.45, 2.75) is 19.4 Å². The van der Waals surface area contributed by atoms with Gasteiger partial charge in [0.15, 0.2) is 0 Å². The lowest BCUT2D eigenvalue weighted by Crippen LogP contribution is -2.33. The number of benzene rings is 1. The van der Waals surface area contributed by atoms with Crippen LogP contribution < -0.4 is 5.32 Å². The van der Waals surface area contributed by atoms with Crippen LogP contribution >= 0.6 is 23.4 Å². The van der Waals surface area contributed by atoms with Gasteiger partial charge in [-0.05, 0) is 31.4 Å². The quantitative estimate of drug-likeness (QED) is 0.843. The smallest absolute Gasteiger partial charge is 0.127 e. The van der Waals surface area contributed by atoms with Crippen LogP contribution in [0, 0.1) is 5.82 Å². The number of hydrogen-bond acceptors (Lipinski definition) is 2. The summed E-state index contributed by atoms with van der Waals surface area (Å²) in [7, 11) is 0. The van der Waals surface area contributed by atoms with Crippen molar-refractivity contribution in [3.8, 4) is 0 Å². The Hall–Kier alpha value is -0.250. The Labute approximate surface area is 106 Å². The molecule has 90 valence electrons. The molecule has 0 aromatic heterocycles. The largest absolute Gasteiger partial charge is 0.313 e. The second-order valence-corrected chi connectivity index (χ2v) is 4.93. The molecule has 0 aliphatic heterocycles. The summed E-state index contributed by atoms with van der Waals surface area (Å²) in [5, 5.41) is 3.86. The third kappa shape index (κ3) is 3.96. The van der Waals surface area contributed by atoms with Gasteiger partial charge in [0.1, 0.15) is 5.82 Å². The molecule has 0 bridgehead atoms.